The van der Waals surface area contributed by atoms with E-state index in [0.717, 1.165) is 23.4 Å². The molecular weight excluding hydrogens is 394 g/mol. The summed E-state index contributed by atoms with van der Waals surface area (Å²) >= 11 is 7.65. The van der Waals surface area contributed by atoms with Crippen molar-refractivity contribution >= 4 is 45.0 Å². The van der Waals surface area contributed by atoms with Crippen molar-refractivity contribution < 1.29 is 9.59 Å². The SMILES string of the molecule is O=C(NCC(=O)N1CCC(c2nc3ccccc3s2)CC1)c1cccc(Cl)c1. The van der Waals surface area contributed by atoms with Gasteiger partial charge in [0.1, 0.15) is 0 Å². The minimum atomic E-state index is -0.291. The second-order valence-electron chi connectivity index (χ2n) is 6.87. The van der Waals surface area contributed by atoms with Gasteiger partial charge in [0.25, 0.3) is 5.91 Å². The number of carbonyl (C=O) groups excluding carboxylic acids is 2. The summed E-state index contributed by atoms with van der Waals surface area (Å²) in [6.07, 6.45) is 1.79. The van der Waals surface area contributed by atoms with Gasteiger partial charge in [-0.05, 0) is 43.2 Å². The Morgan fingerprint density at radius 1 is 1.14 bits per heavy atom. The van der Waals surface area contributed by atoms with Crippen molar-refractivity contribution in [2.45, 2.75) is 18.8 Å². The van der Waals surface area contributed by atoms with E-state index >= 15 is 0 Å². The summed E-state index contributed by atoms with van der Waals surface area (Å²) in [6.45, 7) is 1.37. The van der Waals surface area contributed by atoms with Crippen LogP contribution in [0.25, 0.3) is 10.2 Å². The van der Waals surface area contributed by atoms with E-state index in [2.05, 4.69) is 11.4 Å². The molecule has 0 aliphatic carbocycles. The van der Waals surface area contributed by atoms with Gasteiger partial charge in [-0.25, -0.2) is 4.98 Å². The van der Waals surface area contributed by atoms with Gasteiger partial charge in [0.05, 0.1) is 21.8 Å². The van der Waals surface area contributed by atoms with Gasteiger partial charge in [-0.2, -0.15) is 0 Å². The number of rotatable bonds is 4. The number of para-hydroxylation sites is 1. The lowest BCUT2D eigenvalue weighted by molar-refractivity contribution is -0.131. The van der Waals surface area contributed by atoms with Crippen molar-refractivity contribution in [2.24, 2.45) is 0 Å². The van der Waals surface area contributed by atoms with Gasteiger partial charge in [0, 0.05) is 29.6 Å². The summed E-state index contributed by atoms with van der Waals surface area (Å²) in [7, 11) is 0. The van der Waals surface area contributed by atoms with Crippen LogP contribution in [0.5, 0.6) is 0 Å². The second kappa shape index (κ2) is 8.29. The number of hydrogen-bond acceptors (Lipinski definition) is 4. The van der Waals surface area contributed by atoms with Crippen LogP contribution in [0.2, 0.25) is 5.02 Å². The predicted octanol–water partition coefficient (Wildman–Crippen LogP) is 4.09. The number of piperidine rings is 1. The third kappa shape index (κ3) is 4.18. The number of fused-ring (bicyclic) bond motifs is 1. The average molecular weight is 414 g/mol. The Kier molecular flexibility index (Phi) is 5.59. The minimum Gasteiger partial charge on any atom is -0.343 e. The van der Waals surface area contributed by atoms with Crippen molar-refractivity contribution in [1.82, 2.24) is 15.2 Å². The van der Waals surface area contributed by atoms with Crippen molar-refractivity contribution in [2.75, 3.05) is 19.6 Å². The zero-order valence-electron chi connectivity index (χ0n) is 15.2. The van der Waals surface area contributed by atoms with Crippen LogP contribution in [0.4, 0.5) is 0 Å². The summed E-state index contributed by atoms with van der Waals surface area (Å²) in [6, 6.07) is 14.9. The van der Waals surface area contributed by atoms with E-state index in [-0.39, 0.29) is 18.4 Å². The van der Waals surface area contributed by atoms with Crippen LogP contribution in [-0.4, -0.2) is 41.3 Å². The number of carbonyl (C=O) groups is 2. The first-order valence-electron chi connectivity index (χ1n) is 9.27. The molecule has 1 aliphatic heterocycles. The molecule has 2 amide bonds. The molecule has 2 heterocycles. The van der Waals surface area contributed by atoms with Crippen LogP contribution in [0.3, 0.4) is 0 Å². The van der Waals surface area contributed by atoms with E-state index in [9.17, 15) is 9.59 Å². The standard InChI is InChI=1S/C21H20ClN3O2S/c22-16-5-3-4-15(12-16)20(27)23-13-19(26)25-10-8-14(9-11-25)21-24-17-6-1-2-7-18(17)28-21/h1-7,12,14H,8-11,13H2,(H,23,27). The molecule has 144 valence electrons. The van der Waals surface area contributed by atoms with Crippen LogP contribution in [-0.2, 0) is 4.79 Å². The molecule has 0 unspecified atom stereocenters. The topological polar surface area (TPSA) is 62.3 Å². The second-order valence-corrected chi connectivity index (χ2v) is 8.37. The Balaban J connectivity index is 1.29. The maximum Gasteiger partial charge on any atom is 0.251 e. The zero-order valence-corrected chi connectivity index (χ0v) is 16.8. The van der Waals surface area contributed by atoms with E-state index in [4.69, 9.17) is 16.6 Å². The lowest BCUT2D eigenvalue weighted by atomic mass is 9.97. The molecule has 4 rings (SSSR count). The van der Waals surface area contributed by atoms with Crippen LogP contribution < -0.4 is 5.32 Å². The maximum absolute atomic E-state index is 12.5. The summed E-state index contributed by atoms with van der Waals surface area (Å²) in [5.74, 6) is 0.0424. The third-order valence-corrected chi connectivity index (χ3v) is 6.43. The lowest BCUT2D eigenvalue weighted by Crippen LogP contribution is -2.43. The molecule has 0 bridgehead atoms. The normalized spacial score (nSPS) is 15.0. The van der Waals surface area contributed by atoms with Crippen LogP contribution in [0.1, 0.15) is 34.1 Å². The molecule has 0 radical (unpaired) electrons. The van der Waals surface area contributed by atoms with Gasteiger partial charge < -0.3 is 10.2 Å². The maximum atomic E-state index is 12.5. The first-order valence-corrected chi connectivity index (χ1v) is 10.5. The van der Waals surface area contributed by atoms with E-state index in [1.165, 1.54) is 4.70 Å². The van der Waals surface area contributed by atoms with Gasteiger partial charge in [-0.1, -0.05) is 29.8 Å². The van der Waals surface area contributed by atoms with Crippen molar-refractivity contribution in [1.29, 1.82) is 0 Å². The molecule has 1 fully saturated rings. The molecule has 0 saturated carbocycles. The Hall–Kier alpha value is -2.44. The fourth-order valence-corrected chi connectivity index (χ4v) is 4.77. The molecule has 0 spiro atoms. The zero-order chi connectivity index (χ0) is 19.5. The molecule has 3 aromatic rings. The Bertz CT molecular complexity index is 979. The van der Waals surface area contributed by atoms with Crippen molar-refractivity contribution in [3.63, 3.8) is 0 Å². The molecule has 7 heteroatoms. The lowest BCUT2D eigenvalue weighted by Gasteiger charge is -2.31. The Labute approximate surface area is 172 Å². The van der Waals surface area contributed by atoms with Gasteiger partial charge >= 0.3 is 0 Å². The number of likely N-dealkylation sites (tertiary alicyclic amines) is 1. The smallest absolute Gasteiger partial charge is 0.251 e. The fourth-order valence-electron chi connectivity index (χ4n) is 3.44. The highest BCUT2D eigenvalue weighted by Gasteiger charge is 2.26. The number of aromatic nitrogens is 1. The van der Waals surface area contributed by atoms with E-state index in [1.54, 1.807) is 35.6 Å². The molecule has 1 N–H and O–H groups in total. The van der Waals surface area contributed by atoms with Crippen LogP contribution in [0.15, 0.2) is 48.5 Å². The molecule has 28 heavy (non-hydrogen) atoms. The van der Waals surface area contributed by atoms with E-state index in [1.807, 2.05) is 23.1 Å². The van der Waals surface area contributed by atoms with Crippen LogP contribution >= 0.6 is 22.9 Å². The summed E-state index contributed by atoms with van der Waals surface area (Å²) in [5, 5.41) is 4.34. The largest absolute Gasteiger partial charge is 0.343 e. The first kappa shape index (κ1) is 18.9. The summed E-state index contributed by atoms with van der Waals surface area (Å²) in [4.78, 5) is 31.2. The number of hydrogen-bond donors (Lipinski definition) is 1. The Morgan fingerprint density at radius 2 is 1.93 bits per heavy atom. The number of benzene rings is 2. The summed E-state index contributed by atoms with van der Waals surface area (Å²) in [5.41, 5.74) is 1.50. The van der Waals surface area contributed by atoms with Gasteiger partial charge in [-0.15, -0.1) is 11.3 Å². The molecule has 2 aromatic carbocycles. The number of nitrogens with one attached hydrogen (secondary N) is 1. The van der Waals surface area contributed by atoms with E-state index < -0.39 is 0 Å². The molecule has 5 nitrogen and oxygen atoms in total. The minimum absolute atomic E-state index is 0.00283. The number of thiazole rings is 1. The van der Waals surface area contributed by atoms with Gasteiger partial charge in [-0.3, -0.25) is 9.59 Å². The first-order chi connectivity index (χ1) is 13.6. The highest BCUT2D eigenvalue weighted by atomic mass is 35.5. The molecular formula is C21H20ClN3O2S. The van der Waals surface area contributed by atoms with E-state index in [0.29, 0.717) is 29.6 Å². The highest BCUT2D eigenvalue weighted by molar-refractivity contribution is 7.18. The summed E-state index contributed by atoms with van der Waals surface area (Å²) < 4.78 is 1.21. The van der Waals surface area contributed by atoms with Crippen molar-refractivity contribution in [3.05, 3.63) is 64.1 Å². The molecule has 0 atom stereocenters. The highest BCUT2D eigenvalue weighted by Crippen LogP contribution is 2.33. The van der Waals surface area contributed by atoms with Crippen LogP contribution in [0, 0.1) is 0 Å². The number of amides is 2. The molecule has 1 aliphatic rings. The molecule has 1 saturated heterocycles. The third-order valence-electron chi connectivity index (χ3n) is 4.99. The molecule has 1 aromatic heterocycles. The van der Waals surface area contributed by atoms with Gasteiger partial charge in [0.15, 0.2) is 0 Å². The predicted molar refractivity (Wildman–Crippen MR) is 112 cm³/mol. The average Bonchev–Trinajstić information content (AvgIpc) is 3.16. The fraction of sp³-hybridized carbons (Fsp3) is 0.286. The van der Waals surface area contributed by atoms with Crippen molar-refractivity contribution in [3.8, 4) is 0 Å². The monoisotopic (exact) mass is 413 g/mol. The quantitative estimate of drug-likeness (QED) is 0.700. The Morgan fingerprint density at radius 3 is 2.68 bits per heavy atom. The number of halogens is 1. The number of nitrogens with zero attached hydrogens (tertiary/aromatic N) is 2. The van der Waals surface area contributed by atoms with Gasteiger partial charge in [0.2, 0.25) is 5.91 Å².